The second kappa shape index (κ2) is 12.4. The number of urea groups is 1. The van der Waals surface area contributed by atoms with Crippen LogP contribution in [0.25, 0.3) is 0 Å². The summed E-state index contributed by atoms with van der Waals surface area (Å²) in [5.41, 5.74) is 2.58. The number of unbranched alkanes of at least 4 members (excludes halogenated alkanes) is 1. The lowest BCUT2D eigenvalue weighted by atomic mass is 10.0. The van der Waals surface area contributed by atoms with Gasteiger partial charge in [-0.15, -0.1) is 0 Å². The van der Waals surface area contributed by atoms with Crippen LogP contribution in [-0.2, 0) is 15.8 Å². The Morgan fingerprint density at radius 1 is 0.952 bits per heavy atom. The molecule has 11 heteroatoms. The fourth-order valence-corrected chi connectivity index (χ4v) is 5.59. The first kappa shape index (κ1) is 30.8. The second-order valence-corrected chi connectivity index (χ2v) is 10.9. The van der Waals surface area contributed by atoms with E-state index in [1.807, 2.05) is 32.9 Å². The van der Waals surface area contributed by atoms with Crippen molar-refractivity contribution in [1.29, 1.82) is 5.26 Å². The molecule has 0 unspecified atom stereocenters. The van der Waals surface area contributed by atoms with Crippen molar-refractivity contribution in [1.82, 2.24) is 9.80 Å². The Labute approximate surface area is 243 Å². The normalized spacial score (nSPS) is 16.3. The predicted octanol–water partition coefficient (Wildman–Crippen LogP) is 5.71. The molecule has 2 aliphatic rings. The fraction of sp³-hybridized carbons (Fsp3) is 0.419. The molecular formula is C31H34F3N5O3. The minimum absolute atomic E-state index is 0.120. The molecule has 1 fully saturated rings. The number of carbonyl (C=O) groups excluding carboxylic acids is 3. The minimum Gasteiger partial charge on any atom is -0.322 e. The van der Waals surface area contributed by atoms with E-state index in [1.54, 1.807) is 4.90 Å². The number of hydrogen-bond acceptors (Lipinski definition) is 5. The van der Waals surface area contributed by atoms with E-state index in [4.69, 9.17) is 5.26 Å². The number of rotatable bonds is 7. The number of imide groups is 1. The summed E-state index contributed by atoms with van der Waals surface area (Å²) >= 11 is 0. The summed E-state index contributed by atoms with van der Waals surface area (Å²) in [5.74, 6) is -1.28. The maximum absolute atomic E-state index is 13.4. The Bertz CT molecular complexity index is 1460. The zero-order chi connectivity index (χ0) is 30.8. The number of anilines is 2. The minimum atomic E-state index is -4.80. The molecule has 222 valence electrons. The molecule has 2 aromatic rings. The van der Waals surface area contributed by atoms with Gasteiger partial charge in [0.1, 0.15) is 0 Å². The van der Waals surface area contributed by atoms with Crippen LogP contribution in [0.4, 0.5) is 29.3 Å². The number of halogens is 3. The molecule has 1 N–H and O–H groups in total. The van der Waals surface area contributed by atoms with Gasteiger partial charge in [0.25, 0.3) is 11.8 Å². The van der Waals surface area contributed by atoms with Crippen molar-refractivity contribution in [2.75, 3.05) is 42.9 Å². The molecule has 2 heterocycles. The number of aryl methyl sites for hydroxylation is 3. The van der Waals surface area contributed by atoms with Gasteiger partial charge < -0.3 is 10.2 Å². The largest absolute Gasteiger partial charge is 0.417 e. The monoisotopic (exact) mass is 581 g/mol. The van der Waals surface area contributed by atoms with Gasteiger partial charge in [-0.25, -0.2) is 9.69 Å². The van der Waals surface area contributed by atoms with Crippen LogP contribution in [0.2, 0.25) is 0 Å². The molecule has 4 amide bonds. The Kier molecular flexibility index (Phi) is 9.06. The van der Waals surface area contributed by atoms with E-state index >= 15 is 0 Å². The van der Waals surface area contributed by atoms with E-state index < -0.39 is 29.1 Å². The average Bonchev–Trinajstić information content (AvgIpc) is 3.15. The van der Waals surface area contributed by atoms with Crippen LogP contribution in [0.3, 0.4) is 0 Å². The number of piperazine rings is 1. The third-order valence-electron chi connectivity index (χ3n) is 7.84. The Morgan fingerprint density at radius 3 is 2.19 bits per heavy atom. The average molecular weight is 582 g/mol. The molecule has 0 spiro atoms. The van der Waals surface area contributed by atoms with E-state index in [0.717, 1.165) is 46.3 Å². The maximum atomic E-state index is 13.4. The third-order valence-corrected chi connectivity index (χ3v) is 7.84. The lowest BCUT2D eigenvalue weighted by Crippen LogP contribution is -2.50. The molecule has 1 saturated heterocycles. The lowest BCUT2D eigenvalue weighted by molar-refractivity contribution is -0.138. The van der Waals surface area contributed by atoms with Gasteiger partial charge in [-0.3, -0.25) is 14.5 Å². The topological polar surface area (TPSA) is 96.8 Å². The van der Waals surface area contributed by atoms with Crippen LogP contribution in [0.5, 0.6) is 0 Å². The first-order valence-electron chi connectivity index (χ1n) is 13.9. The zero-order valence-corrected chi connectivity index (χ0v) is 24.2. The molecule has 0 saturated carbocycles. The molecule has 0 aliphatic carbocycles. The highest BCUT2D eigenvalue weighted by Crippen LogP contribution is 2.37. The van der Waals surface area contributed by atoms with Crippen LogP contribution >= 0.6 is 0 Å². The van der Waals surface area contributed by atoms with Gasteiger partial charge in [0.2, 0.25) is 0 Å². The van der Waals surface area contributed by atoms with Crippen LogP contribution < -0.4 is 10.2 Å². The Hall–Kier alpha value is -4.17. The molecular weight excluding hydrogens is 547 g/mol. The van der Waals surface area contributed by atoms with Crippen LogP contribution in [0.1, 0.15) is 54.0 Å². The smallest absolute Gasteiger partial charge is 0.322 e. The van der Waals surface area contributed by atoms with Crippen molar-refractivity contribution in [3.8, 4) is 6.07 Å². The molecule has 0 aromatic heterocycles. The first-order chi connectivity index (χ1) is 19.8. The number of nitriles is 1. The predicted molar refractivity (Wildman–Crippen MR) is 153 cm³/mol. The van der Waals surface area contributed by atoms with E-state index in [2.05, 4.69) is 10.2 Å². The molecule has 4 rings (SSSR count). The van der Waals surface area contributed by atoms with Crippen molar-refractivity contribution in [2.24, 2.45) is 0 Å². The second-order valence-electron chi connectivity index (χ2n) is 10.9. The highest BCUT2D eigenvalue weighted by atomic mass is 19.4. The standard InChI is InChI=1S/C31H34F3N5O3/c1-19-15-20(2)27(21(3)16-19)36-30(42)38-13-11-37(12-14-38)10-6-5-7-25-22(4)28(40)39(29(25)41)24-9-8-23(18-35)26(17-24)31(32,33)34/h8-9,15-17H,5-7,10-14H2,1-4H3,(H,36,42). The summed E-state index contributed by atoms with van der Waals surface area (Å²) in [5, 5.41) is 12.1. The van der Waals surface area contributed by atoms with E-state index in [1.165, 1.54) is 19.1 Å². The zero-order valence-electron chi connectivity index (χ0n) is 24.2. The van der Waals surface area contributed by atoms with Gasteiger partial charge in [0.05, 0.1) is 22.9 Å². The van der Waals surface area contributed by atoms with Gasteiger partial charge in [-0.05, 0) is 82.8 Å². The van der Waals surface area contributed by atoms with Crippen molar-refractivity contribution in [2.45, 2.75) is 53.1 Å². The summed E-state index contributed by atoms with van der Waals surface area (Å²) in [6.07, 6.45) is -3.10. The maximum Gasteiger partial charge on any atom is 0.417 e. The summed E-state index contributed by atoms with van der Waals surface area (Å²) in [6.45, 7) is 10.9. The molecule has 0 atom stereocenters. The molecule has 42 heavy (non-hydrogen) atoms. The van der Waals surface area contributed by atoms with Gasteiger partial charge in [0.15, 0.2) is 0 Å². The molecule has 2 aliphatic heterocycles. The summed E-state index contributed by atoms with van der Waals surface area (Å²) in [4.78, 5) is 43.6. The van der Waals surface area contributed by atoms with Crippen LogP contribution in [-0.4, -0.2) is 60.4 Å². The van der Waals surface area contributed by atoms with Gasteiger partial charge in [-0.2, -0.15) is 18.4 Å². The molecule has 2 aromatic carbocycles. The van der Waals surface area contributed by atoms with Crippen molar-refractivity contribution in [3.63, 3.8) is 0 Å². The number of amides is 4. The first-order valence-corrected chi connectivity index (χ1v) is 13.9. The SMILES string of the molecule is CC1=C(CCCCN2CCN(C(=O)Nc3c(C)cc(C)cc3C)CC2)C(=O)N(c2ccc(C#N)c(C(F)(F)F)c2)C1=O. The highest BCUT2D eigenvalue weighted by Gasteiger charge is 2.39. The number of nitrogens with one attached hydrogen (secondary N) is 1. The lowest BCUT2D eigenvalue weighted by Gasteiger charge is -2.35. The van der Waals surface area contributed by atoms with Gasteiger partial charge in [-0.1, -0.05) is 17.7 Å². The third kappa shape index (κ3) is 6.49. The summed E-state index contributed by atoms with van der Waals surface area (Å²) < 4.78 is 40.3. The van der Waals surface area contributed by atoms with E-state index in [0.29, 0.717) is 50.7 Å². The van der Waals surface area contributed by atoms with Crippen molar-refractivity contribution < 1.29 is 27.6 Å². The molecule has 8 nitrogen and oxygen atoms in total. The Balaban J connectivity index is 1.27. The van der Waals surface area contributed by atoms with E-state index in [9.17, 15) is 27.6 Å². The summed E-state index contributed by atoms with van der Waals surface area (Å²) in [6, 6.07) is 8.30. The quantitative estimate of drug-likeness (QED) is 0.334. The van der Waals surface area contributed by atoms with Gasteiger partial charge >= 0.3 is 12.2 Å². The number of hydrogen-bond donors (Lipinski definition) is 1. The highest BCUT2D eigenvalue weighted by molar-refractivity contribution is 6.32. The molecule has 0 radical (unpaired) electrons. The number of nitrogens with zero attached hydrogens (tertiary/aromatic N) is 4. The summed E-state index contributed by atoms with van der Waals surface area (Å²) in [7, 11) is 0. The Morgan fingerprint density at radius 2 is 1.60 bits per heavy atom. The van der Waals surface area contributed by atoms with Gasteiger partial charge in [0, 0.05) is 43.0 Å². The van der Waals surface area contributed by atoms with Crippen molar-refractivity contribution >= 4 is 29.2 Å². The van der Waals surface area contributed by atoms with Crippen LogP contribution in [0.15, 0.2) is 41.5 Å². The number of benzene rings is 2. The van der Waals surface area contributed by atoms with Crippen molar-refractivity contribution in [3.05, 3.63) is 69.3 Å². The number of carbonyl (C=O) groups is 3. The van der Waals surface area contributed by atoms with Crippen LogP contribution in [0, 0.1) is 32.1 Å². The number of alkyl halides is 3. The molecule has 0 bridgehead atoms. The van der Waals surface area contributed by atoms with E-state index in [-0.39, 0.29) is 17.3 Å². The fourth-order valence-electron chi connectivity index (χ4n) is 5.59.